The SMILES string of the molecule is CCOC(=O)CCNCc1ccc(Cl)cc1. The average Bonchev–Trinajstić information content (AvgIpc) is 2.27. The largest absolute Gasteiger partial charge is 0.466 e. The van der Waals surface area contributed by atoms with E-state index in [0.717, 1.165) is 17.1 Å². The standard InChI is InChI=1S/C12H16ClNO2/c1-2-16-12(15)7-8-14-9-10-3-5-11(13)6-4-10/h3-6,14H,2,7-9H2,1H3. The van der Waals surface area contributed by atoms with Gasteiger partial charge in [-0.1, -0.05) is 23.7 Å². The molecule has 0 saturated heterocycles. The van der Waals surface area contributed by atoms with Crippen molar-refractivity contribution in [3.8, 4) is 0 Å². The van der Waals surface area contributed by atoms with Crippen LogP contribution in [0.5, 0.6) is 0 Å². The summed E-state index contributed by atoms with van der Waals surface area (Å²) in [6.07, 6.45) is 0.404. The van der Waals surface area contributed by atoms with Gasteiger partial charge in [-0.05, 0) is 24.6 Å². The third-order valence-corrected chi connectivity index (χ3v) is 2.31. The van der Waals surface area contributed by atoms with Gasteiger partial charge in [0.25, 0.3) is 0 Å². The molecule has 0 radical (unpaired) electrons. The van der Waals surface area contributed by atoms with E-state index in [-0.39, 0.29) is 5.97 Å². The van der Waals surface area contributed by atoms with Gasteiger partial charge >= 0.3 is 5.97 Å². The van der Waals surface area contributed by atoms with E-state index in [1.807, 2.05) is 24.3 Å². The summed E-state index contributed by atoms with van der Waals surface area (Å²) >= 11 is 5.77. The Hall–Kier alpha value is -1.06. The maximum Gasteiger partial charge on any atom is 0.307 e. The summed E-state index contributed by atoms with van der Waals surface area (Å²) in [4.78, 5) is 11.0. The summed E-state index contributed by atoms with van der Waals surface area (Å²) in [6.45, 7) is 3.60. The number of esters is 1. The molecule has 1 aromatic rings. The Balaban J connectivity index is 2.16. The van der Waals surface area contributed by atoms with E-state index in [2.05, 4.69) is 5.32 Å². The first-order chi connectivity index (χ1) is 7.72. The number of nitrogens with one attached hydrogen (secondary N) is 1. The van der Waals surface area contributed by atoms with Gasteiger partial charge in [-0.2, -0.15) is 0 Å². The molecule has 1 aromatic carbocycles. The molecule has 0 aromatic heterocycles. The quantitative estimate of drug-likeness (QED) is 0.614. The summed E-state index contributed by atoms with van der Waals surface area (Å²) in [6, 6.07) is 7.62. The lowest BCUT2D eigenvalue weighted by Gasteiger charge is -2.04. The van der Waals surface area contributed by atoms with Crippen LogP contribution in [-0.2, 0) is 16.1 Å². The van der Waals surface area contributed by atoms with E-state index in [9.17, 15) is 4.79 Å². The fourth-order valence-electron chi connectivity index (χ4n) is 1.26. The predicted molar refractivity (Wildman–Crippen MR) is 64.4 cm³/mol. The first-order valence-corrected chi connectivity index (χ1v) is 5.71. The number of hydrogen-bond donors (Lipinski definition) is 1. The van der Waals surface area contributed by atoms with Crippen LogP contribution in [0.25, 0.3) is 0 Å². The fraction of sp³-hybridized carbons (Fsp3) is 0.417. The number of carbonyl (C=O) groups excluding carboxylic acids is 1. The zero-order valence-electron chi connectivity index (χ0n) is 9.33. The summed E-state index contributed by atoms with van der Waals surface area (Å²) < 4.78 is 4.81. The molecule has 0 aliphatic heterocycles. The monoisotopic (exact) mass is 241 g/mol. The molecule has 3 nitrogen and oxygen atoms in total. The van der Waals surface area contributed by atoms with Crippen LogP contribution in [0.15, 0.2) is 24.3 Å². The topological polar surface area (TPSA) is 38.3 Å². The normalized spacial score (nSPS) is 10.1. The van der Waals surface area contributed by atoms with Crippen molar-refractivity contribution in [3.05, 3.63) is 34.9 Å². The first kappa shape index (κ1) is 13.0. The summed E-state index contributed by atoms with van der Waals surface area (Å²) in [5.41, 5.74) is 1.15. The van der Waals surface area contributed by atoms with Gasteiger partial charge in [-0.3, -0.25) is 4.79 Å². The molecule has 0 aliphatic rings. The van der Waals surface area contributed by atoms with E-state index in [0.29, 0.717) is 19.6 Å². The highest BCUT2D eigenvalue weighted by molar-refractivity contribution is 6.30. The minimum Gasteiger partial charge on any atom is -0.466 e. The van der Waals surface area contributed by atoms with Crippen molar-refractivity contribution in [1.29, 1.82) is 0 Å². The van der Waals surface area contributed by atoms with Gasteiger partial charge in [0.05, 0.1) is 13.0 Å². The highest BCUT2D eigenvalue weighted by Gasteiger charge is 2.00. The van der Waals surface area contributed by atoms with Crippen LogP contribution in [0.4, 0.5) is 0 Å². The number of ether oxygens (including phenoxy) is 1. The van der Waals surface area contributed by atoms with Crippen molar-refractivity contribution in [3.63, 3.8) is 0 Å². The van der Waals surface area contributed by atoms with Crippen LogP contribution in [0.3, 0.4) is 0 Å². The number of halogens is 1. The van der Waals surface area contributed by atoms with E-state index in [4.69, 9.17) is 16.3 Å². The molecule has 4 heteroatoms. The molecule has 16 heavy (non-hydrogen) atoms. The lowest BCUT2D eigenvalue weighted by atomic mass is 10.2. The zero-order chi connectivity index (χ0) is 11.8. The second-order valence-corrected chi connectivity index (χ2v) is 3.79. The van der Waals surface area contributed by atoms with Crippen molar-refractivity contribution in [2.45, 2.75) is 19.9 Å². The van der Waals surface area contributed by atoms with Crippen LogP contribution in [0.2, 0.25) is 5.02 Å². The van der Waals surface area contributed by atoms with Crippen molar-refractivity contribution in [1.82, 2.24) is 5.32 Å². The van der Waals surface area contributed by atoms with Crippen molar-refractivity contribution in [2.24, 2.45) is 0 Å². The van der Waals surface area contributed by atoms with Gasteiger partial charge in [-0.15, -0.1) is 0 Å². The van der Waals surface area contributed by atoms with Gasteiger partial charge in [0.2, 0.25) is 0 Å². The number of hydrogen-bond acceptors (Lipinski definition) is 3. The molecule has 0 fully saturated rings. The summed E-state index contributed by atoms with van der Waals surface area (Å²) in [7, 11) is 0. The minimum atomic E-state index is -0.161. The maximum absolute atomic E-state index is 11.0. The summed E-state index contributed by atoms with van der Waals surface area (Å²) in [5.74, 6) is -0.161. The fourth-order valence-corrected chi connectivity index (χ4v) is 1.38. The van der Waals surface area contributed by atoms with Crippen LogP contribution < -0.4 is 5.32 Å². The second kappa shape index (κ2) is 7.25. The molecule has 0 amide bonds. The highest BCUT2D eigenvalue weighted by atomic mass is 35.5. The molecule has 1 N–H and O–H groups in total. The first-order valence-electron chi connectivity index (χ1n) is 5.33. The molecule has 0 heterocycles. The Kier molecular flexibility index (Phi) is 5.90. The van der Waals surface area contributed by atoms with Gasteiger partial charge in [-0.25, -0.2) is 0 Å². The Morgan fingerprint density at radius 3 is 2.69 bits per heavy atom. The van der Waals surface area contributed by atoms with Crippen molar-refractivity contribution >= 4 is 17.6 Å². The van der Waals surface area contributed by atoms with E-state index in [1.165, 1.54) is 0 Å². The molecular formula is C12H16ClNO2. The second-order valence-electron chi connectivity index (χ2n) is 3.36. The maximum atomic E-state index is 11.0. The molecule has 0 spiro atoms. The molecule has 0 bridgehead atoms. The smallest absolute Gasteiger partial charge is 0.307 e. The average molecular weight is 242 g/mol. The molecule has 0 aliphatic carbocycles. The lowest BCUT2D eigenvalue weighted by molar-refractivity contribution is -0.142. The van der Waals surface area contributed by atoms with Crippen LogP contribution in [0.1, 0.15) is 18.9 Å². The van der Waals surface area contributed by atoms with Gasteiger partial charge in [0, 0.05) is 18.1 Å². The third-order valence-electron chi connectivity index (χ3n) is 2.05. The molecule has 0 unspecified atom stereocenters. The Labute approximate surface area is 101 Å². The Bertz CT molecular complexity index is 324. The molecular weight excluding hydrogens is 226 g/mol. The zero-order valence-corrected chi connectivity index (χ0v) is 10.1. The van der Waals surface area contributed by atoms with Crippen molar-refractivity contribution in [2.75, 3.05) is 13.2 Å². The van der Waals surface area contributed by atoms with Gasteiger partial charge < -0.3 is 10.1 Å². The molecule has 0 atom stereocenters. The Morgan fingerprint density at radius 2 is 2.06 bits per heavy atom. The summed E-state index contributed by atoms with van der Waals surface area (Å²) in [5, 5.41) is 3.90. The Morgan fingerprint density at radius 1 is 1.38 bits per heavy atom. The van der Waals surface area contributed by atoms with Crippen LogP contribution in [0, 0.1) is 0 Å². The predicted octanol–water partition coefficient (Wildman–Crippen LogP) is 2.38. The molecule has 88 valence electrons. The number of benzene rings is 1. The number of carbonyl (C=O) groups is 1. The minimum absolute atomic E-state index is 0.161. The van der Waals surface area contributed by atoms with E-state index < -0.39 is 0 Å². The van der Waals surface area contributed by atoms with Crippen LogP contribution in [-0.4, -0.2) is 19.1 Å². The van der Waals surface area contributed by atoms with Gasteiger partial charge in [0.15, 0.2) is 0 Å². The van der Waals surface area contributed by atoms with Gasteiger partial charge in [0.1, 0.15) is 0 Å². The molecule has 0 saturated carbocycles. The van der Waals surface area contributed by atoms with Crippen LogP contribution >= 0.6 is 11.6 Å². The van der Waals surface area contributed by atoms with E-state index >= 15 is 0 Å². The number of rotatable bonds is 6. The van der Waals surface area contributed by atoms with Crippen molar-refractivity contribution < 1.29 is 9.53 Å². The lowest BCUT2D eigenvalue weighted by Crippen LogP contribution is -2.18. The highest BCUT2D eigenvalue weighted by Crippen LogP contribution is 2.08. The van der Waals surface area contributed by atoms with E-state index in [1.54, 1.807) is 6.92 Å². The third kappa shape index (κ3) is 5.14. The molecule has 1 rings (SSSR count).